The molecule has 23 heavy (non-hydrogen) atoms. The fraction of sp³-hybridized carbons (Fsp3) is 0.294. The highest BCUT2D eigenvalue weighted by Crippen LogP contribution is 2.33. The Kier molecular flexibility index (Phi) is 5.91. The van der Waals surface area contributed by atoms with E-state index in [0.717, 1.165) is 28.6 Å². The van der Waals surface area contributed by atoms with Crippen molar-refractivity contribution in [3.05, 3.63) is 46.3 Å². The second-order valence-corrected chi connectivity index (χ2v) is 6.51. The minimum Gasteiger partial charge on any atom is -0.489 e. The van der Waals surface area contributed by atoms with Gasteiger partial charge in [0.05, 0.1) is 16.0 Å². The molecule has 0 bridgehead atoms. The number of rotatable bonds is 6. The van der Waals surface area contributed by atoms with Gasteiger partial charge >= 0.3 is 0 Å². The molecule has 0 saturated carbocycles. The van der Waals surface area contributed by atoms with Crippen molar-refractivity contribution in [2.45, 2.75) is 26.4 Å². The van der Waals surface area contributed by atoms with Crippen molar-refractivity contribution in [3.63, 3.8) is 0 Å². The topological polar surface area (TPSA) is 46.6 Å². The van der Waals surface area contributed by atoms with Crippen LogP contribution in [0.25, 0.3) is 6.08 Å². The highest BCUT2D eigenvalue weighted by molar-refractivity contribution is 8.18. The van der Waals surface area contributed by atoms with Crippen LogP contribution in [0.4, 0.5) is 4.79 Å². The fourth-order valence-corrected chi connectivity index (χ4v) is 3.02. The molecule has 1 aromatic carbocycles. The molecular weight excluding hydrogens is 334 g/mol. The highest BCUT2D eigenvalue weighted by Gasteiger charge is 2.34. The second-order valence-electron chi connectivity index (χ2n) is 5.11. The molecule has 1 aliphatic heterocycles. The van der Waals surface area contributed by atoms with Crippen molar-refractivity contribution in [3.8, 4) is 5.75 Å². The van der Waals surface area contributed by atoms with Crippen molar-refractivity contribution < 1.29 is 14.3 Å². The van der Waals surface area contributed by atoms with Crippen molar-refractivity contribution in [2.75, 3.05) is 6.54 Å². The number of nitrogens with zero attached hydrogens (tertiary/aromatic N) is 1. The quantitative estimate of drug-likeness (QED) is 0.548. The normalized spacial score (nSPS) is 17.7. The summed E-state index contributed by atoms with van der Waals surface area (Å²) >= 11 is 7.14. The largest absolute Gasteiger partial charge is 0.489 e. The molecule has 6 heteroatoms. The third-order valence-electron chi connectivity index (χ3n) is 3.34. The maximum atomic E-state index is 12.2. The van der Waals surface area contributed by atoms with E-state index in [-0.39, 0.29) is 23.8 Å². The second kappa shape index (κ2) is 7.70. The fourth-order valence-electron chi connectivity index (χ4n) is 1.94. The molecule has 1 saturated heterocycles. The zero-order valence-electron chi connectivity index (χ0n) is 13.0. The average Bonchev–Trinajstić information content (AvgIpc) is 2.78. The number of hydrogen-bond donors (Lipinski definition) is 0. The zero-order valence-corrected chi connectivity index (χ0v) is 14.6. The van der Waals surface area contributed by atoms with Crippen LogP contribution in [-0.2, 0) is 4.79 Å². The molecule has 1 heterocycles. The SMILES string of the molecule is C=CCN1C(=O)S/C(=C/c2ccc(O[C@@H](C)CC)c(Cl)c2)C1=O. The van der Waals surface area contributed by atoms with Gasteiger partial charge in [-0.2, -0.15) is 0 Å². The number of ether oxygens (including phenoxy) is 1. The lowest BCUT2D eigenvalue weighted by Gasteiger charge is -2.14. The minimum atomic E-state index is -0.309. The number of hydrogen-bond acceptors (Lipinski definition) is 4. The number of amides is 2. The van der Waals surface area contributed by atoms with E-state index in [4.69, 9.17) is 16.3 Å². The van der Waals surface area contributed by atoms with E-state index >= 15 is 0 Å². The molecule has 1 fully saturated rings. The summed E-state index contributed by atoms with van der Waals surface area (Å²) in [4.78, 5) is 25.5. The lowest BCUT2D eigenvalue weighted by Crippen LogP contribution is -2.27. The predicted molar refractivity (Wildman–Crippen MR) is 94.7 cm³/mol. The summed E-state index contributed by atoms with van der Waals surface area (Å²) in [5.74, 6) is 0.300. The van der Waals surface area contributed by atoms with Crippen LogP contribution in [0.1, 0.15) is 25.8 Å². The van der Waals surface area contributed by atoms with Crippen LogP contribution in [0.15, 0.2) is 35.8 Å². The lowest BCUT2D eigenvalue weighted by atomic mass is 10.2. The van der Waals surface area contributed by atoms with Gasteiger partial charge in [0.2, 0.25) is 0 Å². The van der Waals surface area contributed by atoms with Crippen LogP contribution < -0.4 is 4.74 Å². The van der Waals surface area contributed by atoms with Gasteiger partial charge in [0.25, 0.3) is 11.1 Å². The Bertz CT molecular complexity index is 672. The molecule has 2 rings (SSSR count). The number of halogens is 1. The van der Waals surface area contributed by atoms with Crippen molar-refractivity contribution >= 4 is 40.6 Å². The molecule has 1 aliphatic rings. The minimum absolute atomic E-state index is 0.0775. The monoisotopic (exact) mass is 351 g/mol. The molecule has 122 valence electrons. The summed E-state index contributed by atoms with van der Waals surface area (Å²) in [6.45, 7) is 7.77. The van der Waals surface area contributed by atoms with Gasteiger partial charge in [-0.15, -0.1) is 6.58 Å². The molecule has 4 nitrogen and oxygen atoms in total. The summed E-state index contributed by atoms with van der Waals surface area (Å²) < 4.78 is 5.71. The van der Waals surface area contributed by atoms with Crippen LogP contribution in [0.5, 0.6) is 5.75 Å². The summed E-state index contributed by atoms with van der Waals surface area (Å²) in [6.07, 6.45) is 4.15. The number of imide groups is 1. The number of thioether (sulfide) groups is 1. The molecule has 0 spiro atoms. The van der Waals surface area contributed by atoms with Gasteiger partial charge in [-0.05, 0) is 48.9 Å². The van der Waals surface area contributed by atoms with E-state index < -0.39 is 0 Å². The van der Waals surface area contributed by atoms with Gasteiger partial charge in [-0.1, -0.05) is 30.7 Å². The third kappa shape index (κ3) is 4.18. The molecule has 0 radical (unpaired) electrons. The Balaban J connectivity index is 2.20. The Morgan fingerprint density at radius 3 is 2.78 bits per heavy atom. The van der Waals surface area contributed by atoms with Crippen LogP contribution in [-0.4, -0.2) is 28.7 Å². The first-order valence-corrected chi connectivity index (χ1v) is 8.48. The van der Waals surface area contributed by atoms with Crippen LogP contribution >= 0.6 is 23.4 Å². The van der Waals surface area contributed by atoms with E-state index in [0.29, 0.717) is 15.7 Å². The van der Waals surface area contributed by atoms with Crippen LogP contribution in [0.3, 0.4) is 0 Å². The highest BCUT2D eigenvalue weighted by atomic mass is 35.5. The van der Waals surface area contributed by atoms with E-state index in [2.05, 4.69) is 6.58 Å². The Morgan fingerprint density at radius 1 is 1.43 bits per heavy atom. The Hall–Kier alpha value is -1.72. The van der Waals surface area contributed by atoms with E-state index in [1.807, 2.05) is 19.9 Å². The van der Waals surface area contributed by atoms with Gasteiger partial charge in [-0.3, -0.25) is 14.5 Å². The molecular formula is C17H18ClNO3S. The molecule has 0 aliphatic carbocycles. The summed E-state index contributed by atoms with van der Waals surface area (Å²) in [7, 11) is 0. The Morgan fingerprint density at radius 2 is 2.17 bits per heavy atom. The molecule has 0 N–H and O–H groups in total. The van der Waals surface area contributed by atoms with Gasteiger partial charge in [0.1, 0.15) is 5.75 Å². The molecule has 1 atom stereocenters. The van der Waals surface area contributed by atoms with Gasteiger partial charge in [0, 0.05) is 6.54 Å². The standard InChI is InChI=1S/C17H18ClNO3S/c1-4-8-19-16(20)15(23-17(19)21)10-12-6-7-14(13(18)9-12)22-11(3)5-2/h4,6-7,9-11H,1,5,8H2,2-3H3/b15-10+/t11-/m0/s1. The number of benzene rings is 1. The molecule has 0 aromatic heterocycles. The summed E-state index contributed by atoms with van der Waals surface area (Å²) in [5, 5.41) is 0.188. The Labute approximate surface area is 145 Å². The molecule has 1 aromatic rings. The van der Waals surface area contributed by atoms with E-state index in [1.165, 1.54) is 6.08 Å². The molecule has 0 unspecified atom stereocenters. The first kappa shape index (κ1) is 17.6. The predicted octanol–water partition coefficient (Wildman–Crippen LogP) is 4.74. The zero-order chi connectivity index (χ0) is 17.0. The first-order chi connectivity index (χ1) is 11.0. The smallest absolute Gasteiger partial charge is 0.293 e. The maximum absolute atomic E-state index is 12.2. The van der Waals surface area contributed by atoms with Gasteiger partial charge in [0.15, 0.2) is 0 Å². The van der Waals surface area contributed by atoms with Gasteiger partial charge < -0.3 is 4.74 Å². The number of carbonyl (C=O) groups excluding carboxylic acids is 2. The summed E-state index contributed by atoms with van der Waals surface area (Å²) in [5.41, 5.74) is 0.746. The van der Waals surface area contributed by atoms with Crippen molar-refractivity contribution in [1.29, 1.82) is 0 Å². The number of carbonyl (C=O) groups is 2. The van der Waals surface area contributed by atoms with E-state index in [9.17, 15) is 9.59 Å². The molecule has 2 amide bonds. The maximum Gasteiger partial charge on any atom is 0.293 e. The van der Waals surface area contributed by atoms with Crippen molar-refractivity contribution in [2.24, 2.45) is 0 Å². The van der Waals surface area contributed by atoms with E-state index in [1.54, 1.807) is 18.2 Å². The summed E-state index contributed by atoms with van der Waals surface area (Å²) in [6, 6.07) is 5.31. The van der Waals surface area contributed by atoms with Crippen molar-refractivity contribution in [1.82, 2.24) is 4.90 Å². The third-order valence-corrected chi connectivity index (χ3v) is 4.54. The van der Waals surface area contributed by atoms with Crippen LogP contribution in [0, 0.1) is 0 Å². The average molecular weight is 352 g/mol. The first-order valence-electron chi connectivity index (χ1n) is 7.28. The lowest BCUT2D eigenvalue weighted by molar-refractivity contribution is -0.122. The van der Waals surface area contributed by atoms with Crippen LogP contribution in [0.2, 0.25) is 5.02 Å². The van der Waals surface area contributed by atoms with Gasteiger partial charge in [-0.25, -0.2) is 0 Å².